The molecule has 0 fully saturated rings. The standard InChI is InChI=1S/C3H9N.Ca.K.Na/c1-4(2)3;;;/h1-3H3;;;/q;+2;2*+1/p+1. The van der Waals surface area contributed by atoms with Crippen molar-refractivity contribution in [1.82, 2.24) is 0 Å². The van der Waals surface area contributed by atoms with Crippen LogP contribution in [0.5, 0.6) is 0 Å². The van der Waals surface area contributed by atoms with Gasteiger partial charge in [-0.05, 0) is 0 Å². The van der Waals surface area contributed by atoms with Crippen LogP contribution in [0, 0.1) is 0 Å². The van der Waals surface area contributed by atoms with Gasteiger partial charge in [0.05, 0.1) is 21.1 Å². The topological polar surface area (TPSA) is 4.44 Å². The Balaban J connectivity index is -0.0000000150. The smallest absolute Gasteiger partial charge is 0.342 e. The van der Waals surface area contributed by atoms with Gasteiger partial charge in [0, 0.05) is 0 Å². The van der Waals surface area contributed by atoms with Gasteiger partial charge >= 0.3 is 119 Å². The molecule has 0 saturated carbocycles. The molecule has 0 unspecified atom stereocenters. The molecule has 1 nitrogen and oxygen atoms in total. The van der Waals surface area contributed by atoms with Gasteiger partial charge in [-0.3, -0.25) is 0 Å². The summed E-state index contributed by atoms with van der Waals surface area (Å²) in [6, 6.07) is 0. The van der Waals surface area contributed by atoms with Gasteiger partial charge in [0.15, 0.2) is 0 Å². The first-order valence-corrected chi connectivity index (χ1v) is 1.50. The van der Waals surface area contributed by atoms with Gasteiger partial charge in [0.25, 0.3) is 0 Å². The molecule has 0 spiro atoms. The predicted molar refractivity (Wildman–Crippen MR) is 24.5 cm³/mol. The Morgan fingerprint density at radius 1 is 1.00 bits per heavy atom. The average Bonchev–Trinajstić information content (AvgIpc) is 0.811. The third-order valence-electron chi connectivity index (χ3n) is 0. The third-order valence-corrected chi connectivity index (χ3v) is 0. The monoisotopic (exact) mass is 162 g/mol. The van der Waals surface area contributed by atoms with Gasteiger partial charge in [-0.15, -0.1) is 0 Å². The number of hydrogen-bond donors (Lipinski definition) is 1. The minimum atomic E-state index is 0. The molecule has 0 aromatic carbocycles. The van der Waals surface area contributed by atoms with Crippen LogP contribution in [0.2, 0.25) is 0 Å². The summed E-state index contributed by atoms with van der Waals surface area (Å²) in [5, 5.41) is 0. The zero-order valence-corrected chi connectivity index (χ0v) is 13.5. The molecule has 0 aromatic heterocycles. The summed E-state index contributed by atoms with van der Waals surface area (Å²) in [6.45, 7) is 0. The van der Waals surface area contributed by atoms with Crippen molar-refractivity contribution >= 4 is 37.7 Å². The Bertz CT molecular complexity index is 19.7. The average molecular weight is 162 g/mol. The summed E-state index contributed by atoms with van der Waals surface area (Å²) in [6.07, 6.45) is 0. The zero-order valence-electron chi connectivity index (χ0n) is 6.21. The molecule has 0 aliphatic carbocycles. The molecule has 0 aliphatic rings. The van der Waals surface area contributed by atoms with Crippen molar-refractivity contribution in [3.05, 3.63) is 0 Å². The van der Waals surface area contributed by atoms with Crippen LogP contribution in [-0.4, -0.2) is 58.9 Å². The van der Waals surface area contributed by atoms with E-state index < -0.39 is 0 Å². The largest absolute Gasteiger partial charge is 2.00 e. The summed E-state index contributed by atoms with van der Waals surface area (Å²) in [4.78, 5) is 1.42. The van der Waals surface area contributed by atoms with Gasteiger partial charge in [-0.2, -0.15) is 0 Å². The molecule has 7 heavy (non-hydrogen) atoms. The number of rotatable bonds is 0. The quantitative estimate of drug-likeness (QED) is 0.338. The molecule has 26 valence electrons. The van der Waals surface area contributed by atoms with Crippen LogP contribution in [-0.2, 0) is 0 Å². The van der Waals surface area contributed by atoms with E-state index in [1.807, 2.05) is 0 Å². The fraction of sp³-hybridized carbons (Fsp3) is 1.00. The van der Waals surface area contributed by atoms with E-state index in [-0.39, 0.29) is 119 Å². The van der Waals surface area contributed by atoms with E-state index in [1.165, 1.54) is 4.90 Å². The maximum absolute atomic E-state index is 2.08. The van der Waals surface area contributed by atoms with E-state index in [0.29, 0.717) is 0 Å². The Labute approximate surface area is 141 Å². The molecule has 0 radical (unpaired) electrons. The van der Waals surface area contributed by atoms with E-state index in [4.69, 9.17) is 0 Å². The molecule has 0 aliphatic heterocycles. The molecule has 0 aromatic rings. The molecule has 0 rings (SSSR count). The third kappa shape index (κ3) is 40.9. The molecular formula is C3H10CaKNNa+5. The van der Waals surface area contributed by atoms with Gasteiger partial charge in [0.2, 0.25) is 0 Å². The summed E-state index contributed by atoms with van der Waals surface area (Å²) in [7, 11) is 6.25. The summed E-state index contributed by atoms with van der Waals surface area (Å²) < 4.78 is 0. The first-order chi connectivity index (χ1) is 1.73. The van der Waals surface area contributed by atoms with Crippen molar-refractivity contribution in [1.29, 1.82) is 0 Å². The van der Waals surface area contributed by atoms with Crippen molar-refractivity contribution in [3.63, 3.8) is 0 Å². The second kappa shape index (κ2) is 16.4. The van der Waals surface area contributed by atoms with Crippen LogP contribution in [0.4, 0.5) is 0 Å². The van der Waals surface area contributed by atoms with E-state index in [1.54, 1.807) is 0 Å². The molecule has 0 bridgehead atoms. The second-order valence-electron chi connectivity index (χ2n) is 1.50. The van der Waals surface area contributed by atoms with Crippen molar-refractivity contribution in [3.8, 4) is 0 Å². The maximum atomic E-state index is 2.08. The van der Waals surface area contributed by atoms with Crippen LogP contribution in [0.1, 0.15) is 0 Å². The van der Waals surface area contributed by atoms with Crippen LogP contribution in [0.25, 0.3) is 0 Å². The first kappa shape index (κ1) is 22.4. The van der Waals surface area contributed by atoms with Crippen LogP contribution in [0.3, 0.4) is 0 Å². The van der Waals surface area contributed by atoms with E-state index in [2.05, 4.69) is 21.1 Å². The maximum Gasteiger partial charge on any atom is 2.00 e. The van der Waals surface area contributed by atoms with Gasteiger partial charge < -0.3 is 4.90 Å². The summed E-state index contributed by atoms with van der Waals surface area (Å²) >= 11 is 0. The minimum absolute atomic E-state index is 0. The Hall–Kier alpha value is 3.86. The molecular weight excluding hydrogens is 152 g/mol. The molecule has 0 atom stereocenters. The van der Waals surface area contributed by atoms with Crippen molar-refractivity contribution in [2.24, 2.45) is 0 Å². The fourth-order valence-corrected chi connectivity index (χ4v) is 0. The van der Waals surface area contributed by atoms with Crippen LogP contribution < -0.4 is 85.8 Å². The number of hydrogen-bond acceptors (Lipinski definition) is 0. The normalized spacial score (nSPS) is 5.14. The molecule has 1 N–H and O–H groups in total. The minimum Gasteiger partial charge on any atom is -0.342 e. The van der Waals surface area contributed by atoms with Crippen molar-refractivity contribution in [2.75, 3.05) is 21.1 Å². The molecule has 0 heterocycles. The SMILES string of the molecule is C[NH+](C)C.[Ca+2].[K+].[Na+]. The van der Waals surface area contributed by atoms with Crippen molar-refractivity contribution < 1.29 is 85.8 Å². The van der Waals surface area contributed by atoms with E-state index in [9.17, 15) is 0 Å². The van der Waals surface area contributed by atoms with E-state index in [0.717, 1.165) is 0 Å². The Morgan fingerprint density at radius 3 is 1.00 bits per heavy atom. The van der Waals surface area contributed by atoms with Gasteiger partial charge in [-0.25, -0.2) is 0 Å². The first-order valence-electron chi connectivity index (χ1n) is 1.50. The van der Waals surface area contributed by atoms with E-state index >= 15 is 0 Å². The predicted octanol–water partition coefficient (Wildman–Crippen LogP) is -7.61. The zero-order chi connectivity index (χ0) is 3.58. The number of nitrogens with one attached hydrogen (secondary N) is 1. The number of quaternary nitrogens is 1. The molecule has 4 heteroatoms. The Morgan fingerprint density at radius 2 is 1.00 bits per heavy atom. The summed E-state index contributed by atoms with van der Waals surface area (Å²) in [5.74, 6) is 0. The van der Waals surface area contributed by atoms with Crippen LogP contribution >= 0.6 is 0 Å². The fourth-order valence-electron chi connectivity index (χ4n) is 0. The second-order valence-corrected chi connectivity index (χ2v) is 1.50. The molecule has 0 saturated heterocycles. The van der Waals surface area contributed by atoms with Gasteiger partial charge in [0.1, 0.15) is 0 Å². The van der Waals surface area contributed by atoms with Gasteiger partial charge in [-0.1, -0.05) is 0 Å². The van der Waals surface area contributed by atoms with Crippen molar-refractivity contribution in [2.45, 2.75) is 0 Å². The Kier molecular flexibility index (Phi) is 52.7. The molecule has 0 amide bonds. The van der Waals surface area contributed by atoms with Crippen LogP contribution in [0.15, 0.2) is 0 Å². The summed E-state index contributed by atoms with van der Waals surface area (Å²) in [5.41, 5.74) is 0.